The fourth-order valence-corrected chi connectivity index (χ4v) is 3.74. The molecule has 0 aromatic heterocycles. The minimum absolute atomic E-state index is 0.250. The zero-order chi connectivity index (χ0) is 13.9. The zero-order valence-corrected chi connectivity index (χ0v) is 11.7. The fourth-order valence-electron chi connectivity index (χ4n) is 2.15. The first-order valence-electron chi connectivity index (χ1n) is 6.34. The van der Waals surface area contributed by atoms with Crippen molar-refractivity contribution in [3.63, 3.8) is 0 Å². The predicted octanol–water partition coefficient (Wildman–Crippen LogP) is 2.07. The summed E-state index contributed by atoms with van der Waals surface area (Å²) in [6.45, 7) is 2.43. The maximum Gasteiger partial charge on any atom is 0.150 e. The molecule has 1 aromatic rings. The maximum absolute atomic E-state index is 11.3. The number of nitriles is 1. The van der Waals surface area contributed by atoms with Crippen LogP contribution in [0.3, 0.4) is 0 Å². The lowest BCUT2D eigenvalue weighted by Crippen LogP contribution is -2.27. The first-order valence-corrected chi connectivity index (χ1v) is 8.16. The first kappa shape index (κ1) is 13.9. The Morgan fingerprint density at radius 2 is 2.05 bits per heavy atom. The number of hydrogen-bond donors (Lipinski definition) is 0. The molecule has 1 aliphatic rings. The van der Waals surface area contributed by atoms with Crippen LogP contribution in [0.25, 0.3) is 0 Å². The highest BCUT2D eigenvalue weighted by molar-refractivity contribution is 7.91. The van der Waals surface area contributed by atoms with Crippen LogP contribution >= 0.6 is 0 Å². The van der Waals surface area contributed by atoms with E-state index in [0.717, 1.165) is 5.56 Å². The van der Waals surface area contributed by atoms with Gasteiger partial charge in [-0.3, -0.25) is 0 Å². The molecule has 0 radical (unpaired) electrons. The van der Waals surface area contributed by atoms with Crippen LogP contribution in [-0.4, -0.2) is 26.5 Å². The minimum Gasteiger partial charge on any atom is -0.492 e. The van der Waals surface area contributed by atoms with Gasteiger partial charge in [0, 0.05) is 0 Å². The van der Waals surface area contributed by atoms with E-state index in [2.05, 4.69) is 6.07 Å². The van der Waals surface area contributed by atoms with Crippen LogP contribution in [0, 0.1) is 24.2 Å². The molecule has 0 unspecified atom stereocenters. The maximum atomic E-state index is 11.3. The van der Waals surface area contributed by atoms with Gasteiger partial charge in [0.25, 0.3) is 0 Å². The van der Waals surface area contributed by atoms with Crippen molar-refractivity contribution < 1.29 is 13.2 Å². The molecule has 1 fully saturated rings. The predicted molar refractivity (Wildman–Crippen MR) is 72.8 cm³/mol. The molecule has 0 saturated carbocycles. The van der Waals surface area contributed by atoms with E-state index in [4.69, 9.17) is 10.00 Å². The number of sulfone groups is 1. The van der Waals surface area contributed by atoms with Crippen molar-refractivity contribution in [1.82, 2.24) is 0 Å². The second kappa shape index (κ2) is 5.62. The Morgan fingerprint density at radius 1 is 1.37 bits per heavy atom. The molecule has 1 aliphatic heterocycles. The van der Waals surface area contributed by atoms with Gasteiger partial charge in [0.05, 0.1) is 23.7 Å². The van der Waals surface area contributed by atoms with Crippen LogP contribution < -0.4 is 4.74 Å². The normalized spacial score (nSPS) is 18.7. The van der Waals surface area contributed by atoms with Gasteiger partial charge in [-0.2, -0.15) is 5.26 Å². The van der Waals surface area contributed by atoms with E-state index in [1.807, 2.05) is 19.1 Å². The molecule has 4 nitrogen and oxygen atoms in total. The highest BCUT2D eigenvalue weighted by Crippen LogP contribution is 2.23. The van der Waals surface area contributed by atoms with Gasteiger partial charge in [0.1, 0.15) is 21.7 Å². The minimum atomic E-state index is -2.83. The van der Waals surface area contributed by atoms with E-state index in [-0.39, 0.29) is 17.4 Å². The highest BCUT2D eigenvalue weighted by Gasteiger charge is 2.24. The monoisotopic (exact) mass is 279 g/mol. The van der Waals surface area contributed by atoms with Crippen LogP contribution in [0.1, 0.15) is 24.0 Å². The molecule has 0 N–H and O–H groups in total. The summed E-state index contributed by atoms with van der Waals surface area (Å²) < 4.78 is 28.4. The lowest BCUT2D eigenvalue weighted by molar-refractivity contribution is 0.237. The van der Waals surface area contributed by atoms with Gasteiger partial charge in [-0.25, -0.2) is 8.42 Å². The van der Waals surface area contributed by atoms with Gasteiger partial charge in [0.15, 0.2) is 0 Å². The molecule has 5 heteroatoms. The van der Waals surface area contributed by atoms with E-state index < -0.39 is 9.84 Å². The number of rotatable bonds is 3. The lowest BCUT2D eigenvalue weighted by atomic mass is 10.0. The third-order valence-corrected chi connectivity index (χ3v) is 5.12. The molecule has 102 valence electrons. The molecular formula is C14H17NO3S. The zero-order valence-electron chi connectivity index (χ0n) is 10.9. The van der Waals surface area contributed by atoms with E-state index in [0.29, 0.717) is 30.8 Å². The Labute approximate surface area is 113 Å². The van der Waals surface area contributed by atoms with Gasteiger partial charge in [0.2, 0.25) is 0 Å². The summed E-state index contributed by atoms with van der Waals surface area (Å²) in [6, 6.07) is 7.57. The molecule has 1 aromatic carbocycles. The van der Waals surface area contributed by atoms with Crippen LogP contribution in [-0.2, 0) is 9.84 Å². The lowest BCUT2D eigenvalue weighted by Gasteiger charge is -2.22. The third kappa shape index (κ3) is 3.71. The Bertz CT molecular complexity index is 588. The Morgan fingerprint density at radius 3 is 2.68 bits per heavy atom. The molecule has 0 spiro atoms. The molecule has 0 atom stereocenters. The number of ether oxygens (including phenoxy) is 1. The fraction of sp³-hybridized carbons (Fsp3) is 0.500. The van der Waals surface area contributed by atoms with Crippen molar-refractivity contribution in [3.05, 3.63) is 29.3 Å². The summed E-state index contributed by atoms with van der Waals surface area (Å²) in [5, 5.41) is 9.01. The molecular weight excluding hydrogens is 262 g/mol. The van der Waals surface area contributed by atoms with Gasteiger partial charge >= 0.3 is 0 Å². The standard InChI is InChI=1S/C14H17NO3S/c1-11-2-3-13(9-15)14(8-11)18-10-12-4-6-19(16,17)7-5-12/h2-3,8,12H,4-7,10H2,1H3. The van der Waals surface area contributed by atoms with E-state index >= 15 is 0 Å². The molecule has 2 rings (SSSR count). The Hall–Kier alpha value is -1.54. The van der Waals surface area contributed by atoms with E-state index in [1.165, 1.54) is 0 Å². The summed E-state index contributed by atoms with van der Waals surface area (Å²) in [4.78, 5) is 0. The van der Waals surface area contributed by atoms with E-state index in [1.54, 1.807) is 6.07 Å². The molecule has 0 bridgehead atoms. The summed E-state index contributed by atoms with van der Waals surface area (Å²) in [5.41, 5.74) is 1.56. The second-order valence-electron chi connectivity index (χ2n) is 5.02. The molecule has 1 heterocycles. The Balaban J connectivity index is 1.97. The summed E-state index contributed by atoms with van der Waals surface area (Å²) in [5.74, 6) is 1.35. The molecule has 1 saturated heterocycles. The van der Waals surface area contributed by atoms with Crippen molar-refractivity contribution in [3.8, 4) is 11.8 Å². The quantitative estimate of drug-likeness (QED) is 0.849. The van der Waals surface area contributed by atoms with Crippen molar-refractivity contribution in [2.45, 2.75) is 19.8 Å². The van der Waals surface area contributed by atoms with Crippen LogP contribution in [0.4, 0.5) is 0 Å². The molecule has 0 amide bonds. The average molecular weight is 279 g/mol. The Kier molecular flexibility index (Phi) is 4.11. The molecule has 0 aliphatic carbocycles. The number of aryl methyl sites for hydroxylation is 1. The third-order valence-electron chi connectivity index (χ3n) is 3.41. The van der Waals surface area contributed by atoms with Crippen molar-refractivity contribution >= 4 is 9.84 Å². The van der Waals surface area contributed by atoms with Crippen LogP contribution in [0.15, 0.2) is 18.2 Å². The average Bonchev–Trinajstić information content (AvgIpc) is 2.38. The molecule has 19 heavy (non-hydrogen) atoms. The first-order chi connectivity index (χ1) is 9.00. The summed E-state index contributed by atoms with van der Waals surface area (Å²) >= 11 is 0. The van der Waals surface area contributed by atoms with Crippen molar-refractivity contribution in [2.24, 2.45) is 5.92 Å². The SMILES string of the molecule is Cc1ccc(C#N)c(OCC2CCS(=O)(=O)CC2)c1. The smallest absolute Gasteiger partial charge is 0.150 e. The highest BCUT2D eigenvalue weighted by atomic mass is 32.2. The topological polar surface area (TPSA) is 67.2 Å². The number of benzene rings is 1. The van der Waals surface area contributed by atoms with Crippen molar-refractivity contribution in [1.29, 1.82) is 5.26 Å². The van der Waals surface area contributed by atoms with Gasteiger partial charge in [-0.15, -0.1) is 0 Å². The van der Waals surface area contributed by atoms with Gasteiger partial charge in [-0.05, 0) is 43.4 Å². The van der Waals surface area contributed by atoms with Gasteiger partial charge < -0.3 is 4.74 Å². The van der Waals surface area contributed by atoms with Crippen LogP contribution in [0.5, 0.6) is 5.75 Å². The summed E-state index contributed by atoms with van der Waals surface area (Å²) in [6.07, 6.45) is 1.30. The summed E-state index contributed by atoms with van der Waals surface area (Å²) in [7, 11) is -2.83. The largest absolute Gasteiger partial charge is 0.492 e. The van der Waals surface area contributed by atoms with Gasteiger partial charge in [-0.1, -0.05) is 6.07 Å². The number of hydrogen-bond acceptors (Lipinski definition) is 4. The van der Waals surface area contributed by atoms with Crippen LogP contribution in [0.2, 0.25) is 0 Å². The second-order valence-corrected chi connectivity index (χ2v) is 7.32. The van der Waals surface area contributed by atoms with Crippen molar-refractivity contribution in [2.75, 3.05) is 18.1 Å². The van der Waals surface area contributed by atoms with E-state index in [9.17, 15) is 8.42 Å². The number of nitrogens with zero attached hydrogens (tertiary/aromatic N) is 1.